The highest BCUT2D eigenvalue weighted by Crippen LogP contribution is 2.50. The van der Waals surface area contributed by atoms with Gasteiger partial charge in [-0.05, 0) is 87.5 Å². The van der Waals surface area contributed by atoms with E-state index in [1.807, 2.05) is 11.8 Å². The lowest BCUT2D eigenvalue weighted by atomic mass is 9.91. The predicted octanol–water partition coefficient (Wildman–Crippen LogP) is 4.29. The molecule has 2 atom stereocenters. The standard InChI is InChI=1S/C23H33NO5S/c1-3-30(26,27)20-6-4-19(5-7-20)28-15-10-18-16-21(18)17-8-13-24(14-9-17)22(25)29-23(2)11-12-23/h4-7,17-18,21H,3,8-16H2,1-2H3. The highest BCUT2D eigenvalue weighted by atomic mass is 32.2. The summed E-state index contributed by atoms with van der Waals surface area (Å²) in [7, 11) is -3.16. The molecule has 0 bridgehead atoms. The van der Waals surface area contributed by atoms with Gasteiger partial charge in [-0.3, -0.25) is 0 Å². The minimum absolute atomic E-state index is 0.107. The SMILES string of the molecule is CCS(=O)(=O)c1ccc(OCCC2CC2C2CCN(C(=O)OC3(C)CC3)CC2)cc1. The molecule has 6 nitrogen and oxygen atoms in total. The van der Waals surface area contributed by atoms with E-state index in [-0.39, 0.29) is 17.4 Å². The summed E-state index contributed by atoms with van der Waals surface area (Å²) in [5, 5.41) is 0. The molecule has 0 radical (unpaired) electrons. The second kappa shape index (κ2) is 8.40. The molecule has 1 heterocycles. The van der Waals surface area contributed by atoms with E-state index < -0.39 is 9.84 Å². The maximum absolute atomic E-state index is 12.2. The number of hydrogen-bond donors (Lipinski definition) is 0. The third-order valence-electron chi connectivity index (χ3n) is 6.99. The normalized spacial score (nSPS) is 25.6. The van der Waals surface area contributed by atoms with Gasteiger partial charge in [0.05, 0.1) is 17.3 Å². The van der Waals surface area contributed by atoms with Crippen molar-refractivity contribution in [2.75, 3.05) is 25.4 Å². The summed E-state index contributed by atoms with van der Waals surface area (Å²) in [5.74, 6) is 2.99. The van der Waals surface area contributed by atoms with Gasteiger partial charge in [0.2, 0.25) is 0 Å². The molecule has 0 spiro atoms. The summed E-state index contributed by atoms with van der Waals surface area (Å²) >= 11 is 0. The Morgan fingerprint density at radius 2 is 1.83 bits per heavy atom. The van der Waals surface area contributed by atoms with Crippen molar-refractivity contribution in [3.63, 3.8) is 0 Å². The molecule has 1 aromatic carbocycles. The number of ether oxygens (including phenoxy) is 2. The van der Waals surface area contributed by atoms with Crippen LogP contribution in [0.15, 0.2) is 29.2 Å². The lowest BCUT2D eigenvalue weighted by molar-refractivity contribution is 0.0473. The van der Waals surface area contributed by atoms with Crippen molar-refractivity contribution in [1.29, 1.82) is 0 Å². The second-order valence-electron chi connectivity index (χ2n) is 9.31. The summed E-state index contributed by atoms with van der Waals surface area (Å²) in [4.78, 5) is 14.5. The van der Waals surface area contributed by atoms with Gasteiger partial charge in [-0.25, -0.2) is 13.2 Å². The van der Waals surface area contributed by atoms with Gasteiger partial charge >= 0.3 is 6.09 Å². The molecular formula is C23H33NO5S. The van der Waals surface area contributed by atoms with E-state index in [1.165, 1.54) is 6.42 Å². The van der Waals surface area contributed by atoms with Crippen molar-refractivity contribution in [1.82, 2.24) is 4.90 Å². The van der Waals surface area contributed by atoms with Crippen LogP contribution in [0.1, 0.15) is 52.4 Å². The van der Waals surface area contributed by atoms with Crippen LogP contribution >= 0.6 is 0 Å². The largest absolute Gasteiger partial charge is 0.494 e. The third-order valence-corrected chi connectivity index (χ3v) is 8.74. The van der Waals surface area contributed by atoms with Gasteiger partial charge in [0, 0.05) is 13.1 Å². The number of sulfone groups is 1. The molecule has 0 aromatic heterocycles. The van der Waals surface area contributed by atoms with Gasteiger partial charge in [-0.1, -0.05) is 6.92 Å². The number of rotatable bonds is 8. The lowest BCUT2D eigenvalue weighted by Gasteiger charge is -2.32. The molecule has 4 rings (SSSR count). The highest BCUT2D eigenvalue weighted by Gasteiger charge is 2.45. The first kappa shape index (κ1) is 21.5. The Morgan fingerprint density at radius 3 is 2.43 bits per heavy atom. The maximum atomic E-state index is 12.2. The number of nitrogens with zero attached hydrogens (tertiary/aromatic N) is 1. The van der Waals surface area contributed by atoms with E-state index in [0.29, 0.717) is 23.3 Å². The molecule has 2 unspecified atom stereocenters. The summed E-state index contributed by atoms with van der Waals surface area (Å²) in [6.45, 7) is 5.94. The van der Waals surface area contributed by atoms with E-state index in [9.17, 15) is 13.2 Å². The summed E-state index contributed by atoms with van der Waals surface area (Å²) in [6.07, 6.45) is 6.27. The van der Waals surface area contributed by atoms with E-state index >= 15 is 0 Å². The van der Waals surface area contributed by atoms with Crippen molar-refractivity contribution in [2.45, 2.75) is 62.9 Å². The first-order valence-corrected chi connectivity index (χ1v) is 12.9. The van der Waals surface area contributed by atoms with Gasteiger partial charge < -0.3 is 14.4 Å². The van der Waals surface area contributed by atoms with E-state index in [2.05, 4.69) is 0 Å². The first-order valence-electron chi connectivity index (χ1n) is 11.2. The molecule has 2 saturated carbocycles. The number of piperidine rings is 1. The van der Waals surface area contributed by atoms with E-state index in [1.54, 1.807) is 31.2 Å². The number of hydrogen-bond acceptors (Lipinski definition) is 5. The van der Waals surface area contributed by atoms with Gasteiger partial charge in [0.1, 0.15) is 11.4 Å². The van der Waals surface area contributed by atoms with Crippen LogP contribution in [0.4, 0.5) is 4.79 Å². The third kappa shape index (κ3) is 5.10. The predicted molar refractivity (Wildman–Crippen MR) is 114 cm³/mol. The molecule has 2 aliphatic carbocycles. The van der Waals surface area contributed by atoms with E-state index in [4.69, 9.17) is 9.47 Å². The summed E-state index contributed by atoms with van der Waals surface area (Å²) in [5.41, 5.74) is -0.194. The fourth-order valence-electron chi connectivity index (χ4n) is 4.48. The number of benzene rings is 1. The number of likely N-dealkylation sites (tertiary alicyclic amines) is 1. The molecule has 3 aliphatic rings. The van der Waals surface area contributed by atoms with Crippen LogP contribution in [-0.4, -0.2) is 50.5 Å². The zero-order chi connectivity index (χ0) is 21.4. The molecule has 3 fully saturated rings. The van der Waals surface area contributed by atoms with E-state index in [0.717, 1.165) is 56.9 Å². The van der Waals surface area contributed by atoms with Crippen LogP contribution in [0.2, 0.25) is 0 Å². The van der Waals surface area contributed by atoms with Crippen molar-refractivity contribution in [2.24, 2.45) is 17.8 Å². The first-order chi connectivity index (χ1) is 14.3. The Hall–Kier alpha value is -1.76. The van der Waals surface area contributed by atoms with Gasteiger partial charge in [0.25, 0.3) is 0 Å². The summed E-state index contributed by atoms with van der Waals surface area (Å²) in [6, 6.07) is 6.72. The smallest absolute Gasteiger partial charge is 0.410 e. The lowest BCUT2D eigenvalue weighted by Crippen LogP contribution is -2.40. The van der Waals surface area contributed by atoms with Crippen molar-refractivity contribution in [3.8, 4) is 5.75 Å². The zero-order valence-corrected chi connectivity index (χ0v) is 18.8. The molecule has 1 amide bonds. The van der Waals surface area contributed by atoms with Crippen LogP contribution in [0.25, 0.3) is 0 Å². The van der Waals surface area contributed by atoms with Crippen LogP contribution in [0.5, 0.6) is 5.75 Å². The molecule has 1 aliphatic heterocycles. The molecule has 30 heavy (non-hydrogen) atoms. The van der Waals surface area contributed by atoms with Crippen molar-refractivity contribution < 1.29 is 22.7 Å². The Labute approximate surface area is 179 Å². The van der Waals surface area contributed by atoms with Gasteiger partial charge in [-0.2, -0.15) is 0 Å². The average molecular weight is 436 g/mol. The monoisotopic (exact) mass is 435 g/mol. The van der Waals surface area contributed by atoms with Crippen molar-refractivity contribution in [3.05, 3.63) is 24.3 Å². The average Bonchev–Trinajstić information content (AvgIpc) is 3.66. The minimum Gasteiger partial charge on any atom is -0.494 e. The minimum atomic E-state index is -3.16. The number of carbonyl (C=O) groups excluding carboxylic acids is 1. The van der Waals surface area contributed by atoms with Gasteiger partial charge in [-0.15, -0.1) is 0 Å². The second-order valence-corrected chi connectivity index (χ2v) is 11.6. The van der Waals surface area contributed by atoms with Crippen LogP contribution in [0.3, 0.4) is 0 Å². The Balaban J connectivity index is 1.14. The fraction of sp³-hybridized carbons (Fsp3) is 0.696. The fourth-order valence-corrected chi connectivity index (χ4v) is 5.37. The maximum Gasteiger partial charge on any atom is 0.410 e. The molecule has 1 aromatic rings. The Bertz CT molecular complexity index is 854. The molecule has 1 saturated heterocycles. The Morgan fingerprint density at radius 1 is 1.17 bits per heavy atom. The van der Waals surface area contributed by atoms with Crippen molar-refractivity contribution >= 4 is 15.9 Å². The number of amides is 1. The van der Waals surface area contributed by atoms with Crippen LogP contribution in [-0.2, 0) is 14.6 Å². The van der Waals surface area contributed by atoms with Crippen LogP contribution in [0, 0.1) is 17.8 Å². The van der Waals surface area contributed by atoms with Crippen LogP contribution < -0.4 is 4.74 Å². The summed E-state index contributed by atoms with van der Waals surface area (Å²) < 4.78 is 35.1. The molecular weight excluding hydrogens is 402 g/mol. The quantitative estimate of drug-likeness (QED) is 0.609. The highest BCUT2D eigenvalue weighted by molar-refractivity contribution is 7.91. The number of carbonyl (C=O) groups is 1. The molecule has 7 heteroatoms. The topological polar surface area (TPSA) is 72.9 Å². The van der Waals surface area contributed by atoms with Gasteiger partial charge in [0.15, 0.2) is 9.84 Å². The zero-order valence-electron chi connectivity index (χ0n) is 18.0. The Kier molecular flexibility index (Phi) is 6.02. The molecule has 166 valence electrons. The molecule has 0 N–H and O–H groups in total.